The van der Waals surface area contributed by atoms with E-state index in [9.17, 15) is 9.59 Å². The number of hydrogen-bond acceptors (Lipinski definition) is 4. The van der Waals surface area contributed by atoms with E-state index in [2.05, 4.69) is 5.32 Å². The Morgan fingerprint density at radius 1 is 1.20 bits per heavy atom. The lowest BCUT2D eigenvalue weighted by atomic mass is 10.1. The summed E-state index contributed by atoms with van der Waals surface area (Å²) < 4.78 is 10.4. The van der Waals surface area contributed by atoms with Crippen molar-refractivity contribution < 1.29 is 19.1 Å². The molecule has 2 rings (SSSR count). The smallest absolute Gasteiger partial charge is 0.311 e. The molecule has 0 fully saturated rings. The lowest BCUT2D eigenvalue weighted by molar-refractivity contribution is -0.152. The number of aryl methyl sites for hydroxylation is 1. The van der Waals surface area contributed by atoms with Crippen LogP contribution in [0.3, 0.4) is 0 Å². The summed E-state index contributed by atoms with van der Waals surface area (Å²) in [5, 5.41) is 3.23. The van der Waals surface area contributed by atoms with Gasteiger partial charge >= 0.3 is 5.97 Å². The van der Waals surface area contributed by atoms with Gasteiger partial charge in [-0.05, 0) is 37.6 Å². The van der Waals surface area contributed by atoms with Crippen molar-refractivity contribution in [2.75, 3.05) is 12.4 Å². The van der Waals surface area contributed by atoms with E-state index < -0.39 is 18.0 Å². The van der Waals surface area contributed by atoms with Crippen molar-refractivity contribution in [3.8, 4) is 5.75 Å². The summed E-state index contributed by atoms with van der Waals surface area (Å²) in [4.78, 5) is 24.3. The second kappa shape index (κ2) is 8.53. The zero-order valence-corrected chi connectivity index (χ0v) is 15.1. The predicted molar refractivity (Wildman–Crippen MR) is 97.1 cm³/mol. The van der Waals surface area contributed by atoms with Crippen LogP contribution in [0.15, 0.2) is 42.5 Å². The lowest BCUT2D eigenvalue weighted by Gasteiger charge is -2.15. The van der Waals surface area contributed by atoms with E-state index in [1.54, 1.807) is 30.3 Å². The first-order chi connectivity index (χ1) is 11.9. The number of para-hydroxylation sites is 1. The third-order valence-electron chi connectivity index (χ3n) is 3.66. The molecule has 0 aliphatic carbocycles. The van der Waals surface area contributed by atoms with Gasteiger partial charge in [-0.25, -0.2) is 0 Å². The number of ether oxygens (including phenoxy) is 2. The van der Waals surface area contributed by atoms with Crippen molar-refractivity contribution in [2.24, 2.45) is 0 Å². The Labute approximate surface area is 151 Å². The Morgan fingerprint density at radius 2 is 1.92 bits per heavy atom. The van der Waals surface area contributed by atoms with Crippen molar-refractivity contribution in [1.29, 1.82) is 0 Å². The first-order valence-electron chi connectivity index (χ1n) is 7.79. The molecule has 0 aliphatic rings. The van der Waals surface area contributed by atoms with E-state index >= 15 is 0 Å². The standard InChI is InChI=1S/C19H20ClNO4/c1-12-8-9-15(20)11-16(12)21-19(23)13(2)25-18(22)10-14-6-4-5-7-17(14)24-3/h4-9,11,13H,10H2,1-3H3,(H,21,23). The third-order valence-corrected chi connectivity index (χ3v) is 3.90. The normalized spacial score (nSPS) is 11.5. The number of anilines is 1. The summed E-state index contributed by atoms with van der Waals surface area (Å²) >= 11 is 5.93. The number of esters is 1. The molecule has 0 radical (unpaired) electrons. The number of rotatable bonds is 6. The summed E-state index contributed by atoms with van der Waals surface area (Å²) in [6.45, 7) is 3.37. The van der Waals surface area contributed by atoms with E-state index in [4.69, 9.17) is 21.1 Å². The number of nitrogens with one attached hydrogen (secondary N) is 1. The van der Waals surface area contributed by atoms with Crippen LogP contribution in [0.2, 0.25) is 5.02 Å². The summed E-state index contributed by atoms with van der Waals surface area (Å²) in [5.74, 6) is -0.320. The monoisotopic (exact) mass is 361 g/mol. The lowest BCUT2D eigenvalue weighted by Crippen LogP contribution is -2.30. The first-order valence-corrected chi connectivity index (χ1v) is 8.17. The molecule has 6 heteroatoms. The van der Waals surface area contributed by atoms with Crippen LogP contribution >= 0.6 is 11.6 Å². The number of methoxy groups -OCH3 is 1. The quantitative estimate of drug-likeness (QED) is 0.795. The molecule has 0 bridgehead atoms. The predicted octanol–water partition coefficient (Wildman–Crippen LogP) is 3.77. The van der Waals surface area contributed by atoms with Gasteiger partial charge < -0.3 is 14.8 Å². The van der Waals surface area contributed by atoms with Gasteiger partial charge in [0.25, 0.3) is 5.91 Å². The van der Waals surface area contributed by atoms with Gasteiger partial charge in [-0.2, -0.15) is 0 Å². The van der Waals surface area contributed by atoms with Crippen LogP contribution in [0.4, 0.5) is 5.69 Å². The van der Waals surface area contributed by atoms with E-state index in [0.717, 1.165) is 5.56 Å². The van der Waals surface area contributed by atoms with Crippen molar-refractivity contribution in [3.05, 3.63) is 58.6 Å². The van der Waals surface area contributed by atoms with Gasteiger partial charge in [0.1, 0.15) is 5.75 Å². The average Bonchev–Trinajstić information content (AvgIpc) is 2.58. The minimum absolute atomic E-state index is 0.0256. The van der Waals surface area contributed by atoms with E-state index in [-0.39, 0.29) is 6.42 Å². The number of benzene rings is 2. The van der Waals surface area contributed by atoms with Gasteiger partial charge in [-0.3, -0.25) is 9.59 Å². The molecule has 2 aromatic rings. The van der Waals surface area contributed by atoms with Crippen LogP contribution in [0.5, 0.6) is 5.75 Å². The fourth-order valence-corrected chi connectivity index (χ4v) is 2.43. The van der Waals surface area contributed by atoms with Gasteiger partial charge in [-0.1, -0.05) is 35.9 Å². The number of halogens is 1. The van der Waals surface area contributed by atoms with Gasteiger partial charge in [0.05, 0.1) is 13.5 Å². The average molecular weight is 362 g/mol. The fraction of sp³-hybridized carbons (Fsp3) is 0.263. The molecule has 0 aromatic heterocycles. The molecule has 5 nitrogen and oxygen atoms in total. The van der Waals surface area contributed by atoms with Crippen molar-refractivity contribution in [2.45, 2.75) is 26.4 Å². The highest BCUT2D eigenvalue weighted by Crippen LogP contribution is 2.21. The maximum absolute atomic E-state index is 12.2. The summed E-state index contributed by atoms with van der Waals surface area (Å²) in [6, 6.07) is 12.4. The molecule has 0 heterocycles. The van der Waals surface area contributed by atoms with E-state index in [0.29, 0.717) is 22.0 Å². The number of carbonyl (C=O) groups excluding carboxylic acids is 2. The summed E-state index contributed by atoms with van der Waals surface area (Å²) in [5.41, 5.74) is 2.16. The van der Waals surface area contributed by atoms with Crippen molar-refractivity contribution in [3.63, 3.8) is 0 Å². The summed E-state index contributed by atoms with van der Waals surface area (Å²) in [6.07, 6.45) is -0.904. The Bertz CT molecular complexity index is 776. The van der Waals surface area contributed by atoms with E-state index in [1.807, 2.05) is 19.1 Å². The minimum Gasteiger partial charge on any atom is -0.496 e. The van der Waals surface area contributed by atoms with E-state index in [1.165, 1.54) is 14.0 Å². The molecule has 0 saturated carbocycles. The highest BCUT2D eigenvalue weighted by Gasteiger charge is 2.19. The third kappa shape index (κ3) is 5.22. The second-order valence-electron chi connectivity index (χ2n) is 5.57. The van der Waals surface area contributed by atoms with Gasteiger partial charge in [0.15, 0.2) is 6.10 Å². The molecule has 1 unspecified atom stereocenters. The summed E-state index contributed by atoms with van der Waals surface area (Å²) in [7, 11) is 1.54. The van der Waals surface area contributed by atoms with Gasteiger partial charge in [-0.15, -0.1) is 0 Å². The molecule has 0 aliphatic heterocycles. The van der Waals surface area contributed by atoms with Crippen LogP contribution in [0.25, 0.3) is 0 Å². The topological polar surface area (TPSA) is 64.6 Å². The van der Waals surface area contributed by atoms with Crippen LogP contribution in [-0.4, -0.2) is 25.1 Å². The molecular formula is C19H20ClNO4. The molecule has 2 aromatic carbocycles. The van der Waals surface area contributed by atoms with Crippen LogP contribution in [0, 0.1) is 6.92 Å². The molecular weight excluding hydrogens is 342 g/mol. The Hall–Kier alpha value is -2.53. The Balaban J connectivity index is 1.96. The largest absolute Gasteiger partial charge is 0.496 e. The fourth-order valence-electron chi connectivity index (χ4n) is 2.26. The molecule has 132 valence electrons. The van der Waals surface area contributed by atoms with Crippen LogP contribution in [-0.2, 0) is 20.7 Å². The van der Waals surface area contributed by atoms with Gasteiger partial charge in [0, 0.05) is 16.3 Å². The molecule has 25 heavy (non-hydrogen) atoms. The number of amides is 1. The van der Waals surface area contributed by atoms with Crippen LogP contribution in [0.1, 0.15) is 18.1 Å². The zero-order chi connectivity index (χ0) is 18.4. The number of hydrogen-bond donors (Lipinski definition) is 1. The highest BCUT2D eigenvalue weighted by molar-refractivity contribution is 6.31. The second-order valence-corrected chi connectivity index (χ2v) is 6.01. The SMILES string of the molecule is COc1ccccc1CC(=O)OC(C)C(=O)Nc1cc(Cl)ccc1C. The zero-order valence-electron chi connectivity index (χ0n) is 14.3. The first kappa shape index (κ1) is 18.8. The Kier molecular flexibility index (Phi) is 6.42. The highest BCUT2D eigenvalue weighted by atomic mass is 35.5. The molecule has 0 saturated heterocycles. The number of carbonyl (C=O) groups is 2. The molecule has 1 N–H and O–H groups in total. The maximum Gasteiger partial charge on any atom is 0.311 e. The van der Waals surface area contributed by atoms with Gasteiger partial charge in [0.2, 0.25) is 0 Å². The maximum atomic E-state index is 12.2. The molecule has 1 amide bonds. The molecule has 1 atom stereocenters. The molecule has 0 spiro atoms. The van der Waals surface area contributed by atoms with Crippen LogP contribution < -0.4 is 10.1 Å². The minimum atomic E-state index is -0.930. The van der Waals surface area contributed by atoms with Crippen molar-refractivity contribution in [1.82, 2.24) is 0 Å². The Morgan fingerprint density at radius 3 is 2.64 bits per heavy atom. The van der Waals surface area contributed by atoms with Crippen molar-refractivity contribution >= 4 is 29.2 Å².